The number of rotatable bonds is 1. The van der Waals surface area contributed by atoms with Crippen LogP contribution in [0.15, 0.2) is 18.2 Å². The molecule has 0 aromatic heterocycles. The number of nitrogens with zero attached hydrogens (tertiary/aromatic N) is 1. The molecule has 0 spiro atoms. The summed E-state index contributed by atoms with van der Waals surface area (Å²) in [6.45, 7) is 3.13. The molecule has 6 heteroatoms. The highest BCUT2D eigenvalue weighted by Gasteiger charge is 2.32. The van der Waals surface area contributed by atoms with Crippen molar-refractivity contribution in [2.45, 2.75) is 6.18 Å². The second kappa shape index (κ2) is 4.60. The maximum absolute atomic E-state index is 12.8. The zero-order chi connectivity index (χ0) is 12.5. The molecule has 0 bridgehead atoms. The van der Waals surface area contributed by atoms with Gasteiger partial charge in [0.2, 0.25) is 0 Å². The lowest BCUT2D eigenvalue weighted by Gasteiger charge is -2.30. The van der Waals surface area contributed by atoms with Gasteiger partial charge in [-0.2, -0.15) is 13.2 Å². The Morgan fingerprint density at radius 1 is 1.18 bits per heavy atom. The minimum atomic E-state index is -4.27. The number of hydrogen-bond acceptors (Lipinski definition) is 2. The second-order valence-electron chi connectivity index (χ2n) is 4.23. The van der Waals surface area contributed by atoms with Crippen LogP contribution >= 0.6 is 0 Å². The lowest BCUT2D eigenvalue weighted by Crippen LogP contribution is -2.43. The highest BCUT2D eigenvalue weighted by Crippen LogP contribution is 2.30. The largest absolute Gasteiger partial charge is 0.415 e. The van der Waals surface area contributed by atoms with E-state index >= 15 is 0 Å². The fraction of sp³-hybridized carbons (Fsp3) is 0.455. The van der Waals surface area contributed by atoms with Crippen molar-refractivity contribution in [1.29, 1.82) is 0 Å². The van der Waals surface area contributed by atoms with Gasteiger partial charge in [0.05, 0.1) is 5.56 Å². The molecule has 2 rings (SSSR count). The van der Waals surface area contributed by atoms with E-state index in [2.05, 4.69) is 5.32 Å². The summed E-state index contributed by atoms with van der Waals surface area (Å²) in [4.78, 5) is 1.98. The molecule has 0 saturated carbocycles. The van der Waals surface area contributed by atoms with Gasteiger partial charge in [0, 0.05) is 31.9 Å². The molecule has 17 heavy (non-hydrogen) atoms. The lowest BCUT2D eigenvalue weighted by molar-refractivity contribution is -0.136. The van der Waals surface area contributed by atoms with Crippen LogP contribution in [0.2, 0.25) is 0 Å². The zero-order valence-corrected chi connectivity index (χ0v) is 9.64. The van der Waals surface area contributed by atoms with Gasteiger partial charge in [-0.1, -0.05) is 11.5 Å². The summed E-state index contributed by atoms with van der Waals surface area (Å²) in [5, 5.41) is 3.18. The van der Waals surface area contributed by atoms with Crippen molar-refractivity contribution in [3.8, 4) is 0 Å². The van der Waals surface area contributed by atoms with Crippen LogP contribution in [0.25, 0.3) is 0 Å². The Bertz CT molecular complexity index is 400. The zero-order valence-electron chi connectivity index (χ0n) is 9.64. The van der Waals surface area contributed by atoms with Crippen LogP contribution in [-0.2, 0) is 6.18 Å². The Morgan fingerprint density at radius 2 is 1.82 bits per heavy atom. The summed E-state index contributed by atoms with van der Waals surface area (Å²) in [5.41, 5.74) is 0.398. The maximum atomic E-state index is 12.8. The Labute approximate surface area is 99.2 Å². The van der Waals surface area contributed by atoms with E-state index in [1.807, 2.05) is 4.90 Å². The number of piperazine rings is 1. The van der Waals surface area contributed by atoms with Gasteiger partial charge < -0.3 is 10.2 Å². The summed E-state index contributed by atoms with van der Waals surface area (Å²) in [6, 6.07) is 4.55. The molecule has 0 radical (unpaired) electrons. The third-order valence-corrected chi connectivity index (χ3v) is 3.01. The van der Waals surface area contributed by atoms with Crippen LogP contribution in [0, 0.1) is 0 Å². The molecule has 1 aliphatic heterocycles. The predicted octanol–water partition coefficient (Wildman–Crippen LogP) is 0.373. The number of alkyl halides is 3. The van der Waals surface area contributed by atoms with Gasteiger partial charge in [-0.25, -0.2) is 0 Å². The molecule has 1 aliphatic rings. The van der Waals surface area contributed by atoms with Gasteiger partial charge in [-0.3, -0.25) is 0 Å². The van der Waals surface area contributed by atoms with E-state index in [9.17, 15) is 13.2 Å². The van der Waals surface area contributed by atoms with Gasteiger partial charge >= 0.3 is 6.18 Å². The van der Waals surface area contributed by atoms with Crippen molar-refractivity contribution in [2.75, 3.05) is 31.1 Å². The van der Waals surface area contributed by atoms with Crippen LogP contribution in [0.3, 0.4) is 0 Å². The first kappa shape index (κ1) is 12.3. The van der Waals surface area contributed by atoms with Crippen molar-refractivity contribution < 1.29 is 13.2 Å². The van der Waals surface area contributed by atoms with Crippen molar-refractivity contribution in [2.24, 2.45) is 0 Å². The van der Waals surface area contributed by atoms with Gasteiger partial charge in [-0.05, 0) is 12.1 Å². The fourth-order valence-electron chi connectivity index (χ4n) is 2.04. The molecule has 1 fully saturated rings. The Hall–Kier alpha value is -1.17. The van der Waals surface area contributed by atoms with Crippen LogP contribution in [0.1, 0.15) is 5.56 Å². The molecule has 1 aromatic carbocycles. The normalized spacial score (nSPS) is 17.2. The molecule has 0 amide bonds. The number of halogens is 3. The maximum Gasteiger partial charge on any atom is 0.415 e. The van der Waals surface area contributed by atoms with Crippen molar-refractivity contribution in [3.05, 3.63) is 23.8 Å². The molecule has 92 valence electrons. The van der Waals surface area contributed by atoms with Gasteiger partial charge in [-0.15, -0.1) is 0 Å². The summed E-state index contributed by atoms with van der Waals surface area (Å²) < 4.78 is 38.3. The highest BCUT2D eigenvalue weighted by molar-refractivity contribution is 6.33. The third-order valence-electron chi connectivity index (χ3n) is 3.01. The Balaban J connectivity index is 2.30. The highest BCUT2D eigenvalue weighted by atomic mass is 19.4. The van der Waals surface area contributed by atoms with Gasteiger partial charge in [0.1, 0.15) is 7.85 Å². The van der Waals surface area contributed by atoms with Crippen molar-refractivity contribution in [1.82, 2.24) is 5.32 Å². The molecule has 0 atom stereocenters. The average molecular weight is 242 g/mol. The molecular weight excluding hydrogens is 228 g/mol. The average Bonchev–Trinajstić information content (AvgIpc) is 2.29. The molecule has 1 heterocycles. The monoisotopic (exact) mass is 242 g/mol. The quantitative estimate of drug-likeness (QED) is 0.716. The minimum Gasteiger partial charge on any atom is -0.369 e. The third kappa shape index (κ3) is 2.75. The molecule has 2 nitrogen and oxygen atoms in total. The van der Waals surface area contributed by atoms with Crippen LogP contribution < -0.4 is 15.7 Å². The van der Waals surface area contributed by atoms with Crippen molar-refractivity contribution >= 4 is 19.0 Å². The topological polar surface area (TPSA) is 15.3 Å². The number of anilines is 1. The molecule has 1 aromatic rings. The van der Waals surface area contributed by atoms with Crippen LogP contribution in [0.5, 0.6) is 0 Å². The summed E-state index contributed by atoms with van der Waals surface area (Å²) in [7, 11) is 1.49. The second-order valence-corrected chi connectivity index (χ2v) is 4.23. The first-order valence-electron chi connectivity index (χ1n) is 5.62. The smallest absolute Gasteiger partial charge is 0.369 e. The van der Waals surface area contributed by atoms with E-state index in [1.165, 1.54) is 13.9 Å². The first-order valence-corrected chi connectivity index (χ1v) is 5.62. The Morgan fingerprint density at radius 3 is 2.41 bits per heavy atom. The molecule has 0 unspecified atom stereocenters. The number of hydrogen-bond donors (Lipinski definition) is 1. The first-order chi connectivity index (χ1) is 7.98. The SMILES string of the molecule is Bc1ccc(N2CCNCC2)cc1C(F)(F)F. The minimum absolute atomic E-state index is 0.274. The summed E-state index contributed by atoms with van der Waals surface area (Å²) in [6.07, 6.45) is -4.27. The molecule has 1 saturated heterocycles. The van der Waals surface area contributed by atoms with Gasteiger partial charge in [0.15, 0.2) is 0 Å². The van der Waals surface area contributed by atoms with E-state index in [4.69, 9.17) is 0 Å². The predicted molar refractivity (Wildman–Crippen MR) is 64.7 cm³/mol. The number of benzene rings is 1. The standard InChI is InChI=1S/C11H14BF3N2/c12-10-2-1-8(7-9(10)11(13,14)15)17-5-3-16-4-6-17/h1-2,7,16H,3-6,12H2. The number of nitrogens with one attached hydrogen (secondary N) is 1. The summed E-state index contributed by atoms with van der Waals surface area (Å²) in [5.74, 6) is 0. The lowest BCUT2D eigenvalue weighted by atomic mass is 9.89. The van der Waals surface area contributed by atoms with Crippen LogP contribution in [0.4, 0.5) is 18.9 Å². The fourth-order valence-corrected chi connectivity index (χ4v) is 2.04. The molecule has 0 aliphatic carbocycles. The van der Waals surface area contributed by atoms with Crippen LogP contribution in [-0.4, -0.2) is 34.0 Å². The van der Waals surface area contributed by atoms with E-state index in [0.29, 0.717) is 5.69 Å². The van der Waals surface area contributed by atoms with Gasteiger partial charge in [0.25, 0.3) is 0 Å². The van der Waals surface area contributed by atoms with Crippen molar-refractivity contribution in [3.63, 3.8) is 0 Å². The van der Waals surface area contributed by atoms with E-state index in [1.54, 1.807) is 12.1 Å². The van der Waals surface area contributed by atoms with E-state index < -0.39 is 11.7 Å². The Kier molecular flexibility index (Phi) is 3.33. The molecule has 1 N–H and O–H groups in total. The molecular formula is C11H14BF3N2. The van der Waals surface area contributed by atoms with E-state index in [0.717, 1.165) is 26.2 Å². The van der Waals surface area contributed by atoms with E-state index in [-0.39, 0.29) is 5.46 Å². The summed E-state index contributed by atoms with van der Waals surface area (Å²) >= 11 is 0.